The van der Waals surface area contributed by atoms with E-state index in [1.54, 1.807) is 29.2 Å². The molecule has 0 aliphatic heterocycles. The van der Waals surface area contributed by atoms with Crippen molar-refractivity contribution in [2.45, 2.75) is 53.5 Å². The van der Waals surface area contributed by atoms with Crippen LogP contribution >= 0.6 is 0 Å². The highest BCUT2D eigenvalue weighted by Gasteiger charge is 2.21. The number of unbranched alkanes of at least 4 members (excludes halogenated alkanes) is 1. The smallest absolute Gasteiger partial charge is 0.330 e. The summed E-state index contributed by atoms with van der Waals surface area (Å²) in [5, 5.41) is 5.46. The number of rotatable bonds is 11. The van der Waals surface area contributed by atoms with Gasteiger partial charge in [-0.1, -0.05) is 27.2 Å². The molecule has 0 unspecified atom stereocenters. The maximum Gasteiger partial charge on any atom is 0.330 e. The molecule has 33 heavy (non-hydrogen) atoms. The van der Waals surface area contributed by atoms with Gasteiger partial charge in [-0.15, -0.1) is 0 Å². The van der Waals surface area contributed by atoms with Crippen molar-refractivity contribution in [3.8, 4) is 0 Å². The first-order valence-electron chi connectivity index (χ1n) is 11.2. The fourth-order valence-corrected chi connectivity index (χ4v) is 3.32. The van der Waals surface area contributed by atoms with Gasteiger partial charge in [0.1, 0.15) is 11.5 Å². The number of aromatic nitrogens is 2. The lowest BCUT2D eigenvalue weighted by atomic mass is 10.1. The number of nitrogens with two attached hydrogens (primary N) is 1. The zero-order valence-corrected chi connectivity index (χ0v) is 19.7. The molecule has 0 aliphatic rings. The minimum Gasteiger partial charge on any atom is -0.383 e. The number of carbonyl (C=O) groups is 2. The first-order valence-corrected chi connectivity index (χ1v) is 11.2. The van der Waals surface area contributed by atoms with Gasteiger partial charge in [0.05, 0.1) is 6.54 Å². The third-order valence-electron chi connectivity index (χ3n) is 5.07. The van der Waals surface area contributed by atoms with Gasteiger partial charge < -0.3 is 21.3 Å². The van der Waals surface area contributed by atoms with Gasteiger partial charge >= 0.3 is 5.69 Å². The lowest BCUT2D eigenvalue weighted by molar-refractivity contribution is -0.115. The third kappa shape index (κ3) is 7.51. The SMILES string of the molecule is CCCCn1c(N)c(N(CCC(C)C)CC(=O)Nc2ccc(NC(C)=O)cc2)c(=O)[nH]c1=O. The Morgan fingerprint density at radius 3 is 2.27 bits per heavy atom. The predicted molar refractivity (Wildman–Crippen MR) is 132 cm³/mol. The molecule has 5 N–H and O–H groups in total. The normalized spacial score (nSPS) is 10.8. The molecule has 180 valence electrons. The molecule has 10 nitrogen and oxygen atoms in total. The summed E-state index contributed by atoms with van der Waals surface area (Å²) in [6.45, 7) is 8.20. The number of amides is 2. The van der Waals surface area contributed by atoms with Crippen LogP contribution in [0.1, 0.15) is 47.0 Å². The van der Waals surface area contributed by atoms with Gasteiger partial charge in [0.2, 0.25) is 11.8 Å². The number of anilines is 4. The number of benzene rings is 1. The highest BCUT2D eigenvalue weighted by Crippen LogP contribution is 2.19. The number of nitrogen functional groups attached to an aromatic ring is 1. The highest BCUT2D eigenvalue weighted by atomic mass is 16.2. The molecule has 0 saturated heterocycles. The summed E-state index contributed by atoms with van der Waals surface area (Å²) in [6, 6.07) is 6.71. The molecule has 0 spiro atoms. The zero-order chi connectivity index (χ0) is 24.5. The molecule has 1 aromatic heterocycles. The average molecular weight is 459 g/mol. The van der Waals surface area contributed by atoms with Gasteiger partial charge in [0, 0.05) is 31.4 Å². The number of hydrogen-bond acceptors (Lipinski definition) is 6. The summed E-state index contributed by atoms with van der Waals surface area (Å²) < 4.78 is 1.35. The monoisotopic (exact) mass is 458 g/mol. The first kappa shape index (κ1) is 25.7. The van der Waals surface area contributed by atoms with Gasteiger partial charge in [-0.3, -0.25) is 23.9 Å². The van der Waals surface area contributed by atoms with Crippen LogP contribution in [-0.4, -0.2) is 34.5 Å². The Morgan fingerprint density at radius 1 is 1.12 bits per heavy atom. The number of nitrogens with one attached hydrogen (secondary N) is 3. The summed E-state index contributed by atoms with van der Waals surface area (Å²) in [5.74, 6) is -0.122. The fourth-order valence-electron chi connectivity index (χ4n) is 3.32. The summed E-state index contributed by atoms with van der Waals surface area (Å²) in [4.78, 5) is 52.9. The van der Waals surface area contributed by atoms with Crippen molar-refractivity contribution in [1.29, 1.82) is 0 Å². The minimum absolute atomic E-state index is 0.0633. The van der Waals surface area contributed by atoms with Crippen molar-refractivity contribution >= 4 is 34.7 Å². The van der Waals surface area contributed by atoms with Crippen LogP contribution in [0.5, 0.6) is 0 Å². The van der Waals surface area contributed by atoms with Crippen molar-refractivity contribution in [3.63, 3.8) is 0 Å². The van der Waals surface area contributed by atoms with Gasteiger partial charge in [-0.05, 0) is 43.0 Å². The molecule has 2 amide bonds. The Bertz CT molecular complexity index is 1070. The van der Waals surface area contributed by atoms with E-state index in [9.17, 15) is 19.2 Å². The van der Waals surface area contributed by atoms with Gasteiger partial charge in [0.15, 0.2) is 0 Å². The average Bonchev–Trinajstić information content (AvgIpc) is 2.72. The number of nitrogens with zero attached hydrogens (tertiary/aromatic N) is 2. The molecular weight excluding hydrogens is 424 g/mol. The summed E-state index contributed by atoms with van der Waals surface area (Å²) in [6.07, 6.45) is 2.32. The van der Waals surface area contributed by atoms with Crippen LogP contribution in [-0.2, 0) is 16.1 Å². The number of aromatic amines is 1. The molecule has 2 aromatic rings. The van der Waals surface area contributed by atoms with Crippen LogP contribution in [0, 0.1) is 5.92 Å². The Labute approximate surface area is 193 Å². The van der Waals surface area contributed by atoms with E-state index in [4.69, 9.17) is 5.73 Å². The van der Waals surface area contributed by atoms with Crippen molar-refractivity contribution in [2.75, 3.05) is 34.4 Å². The van der Waals surface area contributed by atoms with E-state index >= 15 is 0 Å². The minimum atomic E-state index is -0.610. The van der Waals surface area contributed by atoms with Crippen LogP contribution in [0.2, 0.25) is 0 Å². The summed E-state index contributed by atoms with van der Waals surface area (Å²) in [5.41, 5.74) is 6.38. The van der Waals surface area contributed by atoms with Crippen molar-refractivity contribution in [3.05, 3.63) is 45.1 Å². The Morgan fingerprint density at radius 2 is 1.73 bits per heavy atom. The lowest BCUT2D eigenvalue weighted by Crippen LogP contribution is -2.42. The molecule has 0 radical (unpaired) electrons. The van der Waals surface area contributed by atoms with E-state index < -0.39 is 11.2 Å². The molecule has 10 heteroatoms. The van der Waals surface area contributed by atoms with E-state index in [1.165, 1.54) is 11.5 Å². The van der Waals surface area contributed by atoms with Crippen LogP contribution in [0.3, 0.4) is 0 Å². The second-order valence-electron chi connectivity index (χ2n) is 8.41. The van der Waals surface area contributed by atoms with Crippen molar-refractivity contribution in [1.82, 2.24) is 9.55 Å². The molecule has 0 aliphatic carbocycles. The molecule has 0 atom stereocenters. The molecule has 2 rings (SSSR count). The van der Waals surface area contributed by atoms with Crippen molar-refractivity contribution in [2.24, 2.45) is 5.92 Å². The molecule has 1 aromatic carbocycles. The number of H-pyrrole nitrogens is 1. The third-order valence-corrected chi connectivity index (χ3v) is 5.07. The molecule has 0 bridgehead atoms. The number of hydrogen-bond donors (Lipinski definition) is 4. The lowest BCUT2D eigenvalue weighted by Gasteiger charge is -2.26. The quantitative estimate of drug-likeness (QED) is 0.407. The number of carbonyl (C=O) groups excluding carboxylic acids is 2. The van der Waals surface area contributed by atoms with Gasteiger partial charge in [-0.2, -0.15) is 0 Å². The van der Waals surface area contributed by atoms with E-state index in [2.05, 4.69) is 15.6 Å². The standard InChI is InChI=1S/C23H34N6O4/c1-5-6-12-29-21(24)20(22(32)27-23(29)33)28(13-11-15(2)3)14-19(31)26-18-9-7-17(8-10-18)25-16(4)30/h7-10,15H,5-6,11-14,24H2,1-4H3,(H,25,30)(H,26,31)(H,27,32,33). The Hall–Kier alpha value is -3.56. The van der Waals surface area contributed by atoms with E-state index in [0.29, 0.717) is 30.4 Å². The highest BCUT2D eigenvalue weighted by molar-refractivity contribution is 5.95. The van der Waals surface area contributed by atoms with Gasteiger partial charge in [0.25, 0.3) is 5.56 Å². The maximum absolute atomic E-state index is 12.8. The summed E-state index contributed by atoms with van der Waals surface area (Å²) in [7, 11) is 0. The van der Waals surface area contributed by atoms with E-state index in [1.807, 2.05) is 20.8 Å². The van der Waals surface area contributed by atoms with Crippen LogP contribution in [0.15, 0.2) is 33.9 Å². The van der Waals surface area contributed by atoms with Crippen LogP contribution in [0.4, 0.5) is 22.9 Å². The predicted octanol–water partition coefficient (Wildman–Crippen LogP) is 2.37. The molecular formula is C23H34N6O4. The molecule has 1 heterocycles. The fraction of sp³-hybridized carbons (Fsp3) is 0.478. The molecule has 0 saturated carbocycles. The van der Waals surface area contributed by atoms with E-state index in [0.717, 1.165) is 19.3 Å². The topological polar surface area (TPSA) is 142 Å². The van der Waals surface area contributed by atoms with Crippen LogP contribution < -0.4 is 32.5 Å². The van der Waals surface area contributed by atoms with E-state index in [-0.39, 0.29) is 29.9 Å². The Balaban J connectivity index is 2.28. The Kier molecular flexibility index (Phi) is 9.26. The van der Waals surface area contributed by atoms with Crippen molar-refractivity contribution < 1.29 is 9.59 Å². The van der Waals surface area contributed by atoms with Gasteiger partial charge in [-0.25, -0.2) is 4.79 Å². The zero-order valence-electron chi connectivity index (χ0n) is 19.7. The first-order chi connectivity index (χ1) is 15.6. The second-order valence-corrected chi connectivity index (χ2v) is 8.41. The maximum atomic E-state index is 12.8. The van der Waals surface area contributed by atoms with Crippen LogP contribution in [0.25, 0.3) is 0 Å². The second kappa shape index (κ2) is 11.9. The molecule has 0 fully saturated rings. The summed E-state index contributed by atoms with van der Waals surface area (Å²) >= 11 is 0. The largest absolute Gasteiger partial charge is 0.383 e.